The maximum Gasteiger partial charge on any atom is 0.338 e. The maximum absolute atomic E-state index is 11.1. The van der Waals surface area contributed by atoms with Crippen LogP contribution < -0.4 is 0 Å². The predicted octanol–water partition coefficient (Wildman–Crippen LogP) is -2.63. The summed E-state index contributed by atoms with van der Waals surface area (Å²) >= 11 is 0. The Bertz CT molecular complexity index is 218. The van der Waals surface area contributed by atoms with Crippen LogP contribution in [0.15, 0.2) is 0 Å². The summed E-state index contributed by atoms with van der Waals surface area (Å²) in [7, 11) is 0. The van der Waals surface area contributed by atoms with E-state index in [9.17, 15) is 20.1 Å². The van der Waals surface area contributed by atoms with Gasteiger partial charge in [0, 0.05) is 0 Å². The SMILES string of the molecule is CC(C)OC(=O)[C@H](O)[C@H](O)[C@@H](O)[C@H](O)CO. The van der Waals surface area contributed by atoms with Gasteiger partial charge in [-0.1, -0.05) is 0 Å². The molecule has 0 saturated heterocycles. The van der Waals surface area contributed by atoms with Crippen molar-refractivity contribution < 1.29 is 35.1 Å². The molecule has 5 N–H and O–H groups in total. The Morgan fingerprint density at radius 2 is 1.62 bits per heavy atom. The lowest BCUT2D eigenvalue weighted by atomic mass is 10.0. The number of hydrogen-bond donors (Lipinski definition) is 5. The van der Waals surface area contributed by atoms with Crippen LogP contribution >= 0.6 is 0 Å². The third-order valence-electron chi connectivity index (χ3n) is 1.85. The lowest BCUT2D eigenvalue weighted by Gasteiger charge is -2.24. The quantitative estimate of drug-likeness (QED) is 0.320. The molecular formula is C9H18O7. The van der Waals surface area contributed by atoms with E-state index in [1.54, 1.807) is 13.8 Å². The van der Waals surface area contributed by atoms with Gasteiger partial charge < -0.3 is 30.3 Å². The molecule has 96 valence electrons. The Hall–Kier alpha value is -0.730. The highest BCUT2D eigenvalue weighted by Gasteiger charge is 2.35. The van der Waals surface area contributed by atoms with Crippen LogP contribution in [0.25, 0.3) is 0 Å². The van der Waals surface area contributed by atoms with Gasteiger partial charge in [-0.15, -0.1) is 0 Å². The van der Waals surface area contributed by atoms with Gasteiger partial charge in [0.2, 0.25) is 0 Å². The van der Waals surface area contributed by atoms with E-state index in [2.05, 4.69) is 4.74 Å². The van der Waals surface area contributed by atoms with Crippen LogP contribution in [0.4, 0.5) is 0 Å². The fourth-order valence-corrected chi connectivity index (χ4v) is 0.964. The van der Waals surface area contributed by atoms with Crippen LogP contribution in [0, 0.1) is 0 Å². The Morgan fingerprint density at radius 3 is 2.00 bits per heavy atom. The van der Waals surface area contributed by atoms with Gasteiger partial charge in [-0.05, 0) is 13.8 Å². The van der Waals surface area contributed by atoms with Crippen molar-refractivity contribution in [1.82, 2.24) is 0 Å². The molecule has 0 fully saturated rings. The lowest BCUT2D eigenvalue weighted by molar-refractivity contribution is -0.173. The summed E-state index contributed by atoms with van der Waals surface area (Å²) in [6, 6.07) is 0. The molecule has 0 aromatic carbocycles. The molecule has 0 aromatic heterocycles. The maximum atomic E-state index is 11.1. The molecule has 7 heteroatoms. The number of ether oxygens (including phenoxy) is 1. The van der Waals surface area contributed by atoms with Crippen molar-refractivity contribution in [2.45, 2.75) is 44.4 Å². The van der Waals surface area contributed by atoms with E-state index in [4.69, 9.17) is 10.2 Å². The van der Waals surface area contributed by atoms with E-state index in [0.717, 1.165) is 0 Å². The second-order valence-electron chi connectivity index (χ2n) is 3.66. The number of aliphatic hydroxyl groups is 5. The van der Waals surface area contributed by atoms with Crippen LogP contribution in [0.1, 0.15) is 13.8 Å². The Balaban J connectivity index is 4.36. The highest BCUT2D eigenvalue weighted by atomic mass is 16.6. The first-order valence-electron chi connectivity index (χ1n) is 4.84. The van der Waals surface area contributed by atoms with Crippen molar-refractivity contribution in [1.29, 1.82) is 0 Å². The minimum absolute atomic E-state index is 0.478. The van der Waals surface area contributed by atoms with E-state index >= 15 is 0 Å². The molecule has 7 nitrogen and oxygen atoms in total. The highest BCUT2D eigenvalue weighted by molar-refractivity contribution is 5.75. The number of aliphatic hydroxyl groups excluding tert-OH is 5. The monoisotopic (exact) mass is 238 g/mol. The van der Waals surface area contributed by atoms with E-state index in [0.29, 0.717) is 0 Å². The van der Waals surface area contributed by atoms with Gasteiger partial charge in [-0.2, -0.15) is 0 Å². The van der Waals surface area contributed by atoms with Crippen molar-refractivity contribution in [3.8, 4) is 0 Å². The molecule has 0 aromatic rings. The van der Waals surface area contributed by atoms with E-state index in [1.165, 1.54) is 0 Å². The molecule has 0 radical (unpaired) electrons. The Labute approximate surface area is 92.9 Å². The minimum atomic E-state index is -1.97. The average molecular weight is 238 g/mol. The number of rotatable bonds is 6. The zero-order valence-corrected chi connectivity index (χ0v) is 9.15. The molecule has 0 saturated carbocycles. The molecule has 0 rings (SSSR count). The number of esters is 1. The molecule has 0 unspecified atom stereocenters. The largest absolute Gasteiger partial charge is 0.461 e. The van der Waals surface area contributed by atoms with Crippen LogP contribution in [0.5, 0.6) is 0 Å². The molecular weight excluding hydrogens is 220 g/mol. The van der Waals surface area contributed by atoms with Crippen molar-refractivity contribution in [2.75, 3.05) is 6.61 Å². The van der Waals surface area contributed by atoms with Gasteiger partial charge in [-0.3, -0.25) is 0 Å². The third-order valence-corrected chi connectivity index (χ3v) is 1.85. The van der Waals surface area contributed by atoms with Gasteiger partial charge >= 0.3 is 5.97 Å². The van der Waals surface area contributed by atoms with Crippen LogP contribution in [0.2, 0.25) is 0 Å². The van der Waals surface area contributed by atoms with Gasteiger partial charge in [0.05, 0.1) is 12.7 Å². The number of carbonyl (C=O) groups excluding carboxylic acids is 1. The van der Waals surface area contributed by atoms with Crippen LogP contribution in [0.3, 0.4) is 0 Å². The average Bonchev–Trinajstić information content (AvgIpc) is 2.23. The highest BCUT2D eigenvalue weighted by Crippen LogP contribution is 2.07. The van der Waals surface area contributed by atoms with Crippen LogP contribution in [-0.2, 0) is 9.53 Å². The molecule has 0 heterocycles. The third kappa shape index (κ3) is 4.42. The first kappa shape index (κ1) is 15.3. The molecule has 0 aliphatic rings. The summed E-state index contributed by atoms with van der Waals surface area (Å²) in [6.07, 6.45) is -7.85. The van der Waals surface area contributed by atoms with Crippen LogP contribution in [-0.4, -0.2) is 68.6 Å². The minimum Gasteiger partial charge on any atom is -0.461 e. The van der Waals surface area contributed by atoms with Gasteiger partial charge in [0.25, 0.3) is 0 Å². The second-order valence-corrected chi connectivity index (χ2v) is 3.66. The smallest absolute Gasteiger partial charge is 0.338 e. The van der Waals surface area contributed by atoms with E-state index < -0.39 is 43.1 Å². The van der Waals surface area contributed by atoms with Crippen molar-refractivity contribution in [2.24, 2.45) is 0 Å². The molecule has 4 atom stereocenters. The first-order chi connectivity index (χ1) is 7.31. The summed E-state index contributed by atoms with van der Waals surface area (Å²) in [5.41, 5.74) is 0. The van der Waals surface area contributed by atoms with E-state index in [-0.39, 0.29) is 0 Å². The molecule has 0 bridgehead atoms. The van der Waals surface area contributed by atoms with Gasteiger partial charge in [0.15, 0.2) is 6.10 Å². The first-order valence-corrected chi connectivity index (χ1v) is 4.84. The summed E-state index contributed by atoms with van der Waals surface area (Å²) in [4.78, 5) is 11.1. The zero-order valence-electron chi connectivity index (χ0n) is 9.15. The summed E-state index contributed by atoms with van der Waals surface area (Å²) in [5, 5.41) is 45.3. The molecule has 0 aliphatic carbocycles. The summed E-state index contributed by atoms with van der Waals surface area (Å²) < 4.78 is 4.59. The molecule has 0 amide bonds. The topological polar surface area (TPSA) is 127 Å². The molecule has 16 heavy (non-hydrogen) atoms. The fraction of sp³-hybridized carbons (Fsp3) is 0.889. The van der Waals surface area contributed by atoms with Crippen molar-refractivity contribution >= 4 is 5.97 Å². The number of carbonyl (C=O) groups is 1. The predicted molar refractivity (Wildman–Crippen MR) is 52.3 cm³/mol. The number of hydrogen-bond acceptors (Lipinski definition) is 7. The zero-order chi connectivity index (χ0) is 12.9. The van der Waals surface area contributed by atoms with Crippen molar-refractivity contribution in [3.05, 3.63) is 0 Å². The normalized spacial score (nSPS) is 19.0. The van der Waals surface area contributed by atoms with E-state index in [1.807, 2.05) is 0 Å². The van der Waals surface area contributed by atoms with Crippen molar-refractivity contribution in [3.63, 3.8) is 0 Å². The summed E-state index contributed by atoms with van der Waals surface area (Å²) in [6.45, 7) is 2.30. The Morgan fingerprint density at radius 1 is 1.12 bits per heavy atom. The van der Waals surface area contributed by atoms with Gasteiger partial charge in [-0.25, -0.2) is 4.79 Å². The lowest BCUT2D eigenvalue weighted by Crippen LogP contribution is -2.49. The molecule has 0 aliphatic heterocycles. The summed E-state index contributed by atoms with van der Waals surface area (Å²) in [5.74, 6) is -1.10. The molecule has 0 spiro atoms. The second kappa shape index (κ2) is 6.77. The fourth-order valence-electron chi connectivity index (χ4n) is 0.964. The standard InChI is InChI=1S/C9H18O7/c1-4(2)16-9(15)8(14)7(13)6(12)5(11)3-10/h4-8,10-14H,3H2,1-2H3/t5-,6+,7-,8-/m1/s1. The van der Waals surface area contributed by atoms with Gasteiger partial charge in [0.1, 0.15) is 18.3 Å². The Kier molecular flexibility index (Phi) is 6.46.